The van der Waals surface area contributed by atoms with E-state index in [1.807, 2.05) is 0 Å². The second-order valence-electron chi connectivity index (χ2n) is 5.36. The van der Waals surface area contributed by atoms with Gasteiger partial charge in [0.2, 0.25) is 0 Å². The van der Waals surface area contributed by atoms with Crippen molar-refractivity contribution >= 4 is 0 Å². The molecule has 1 aromatic carbocycles. The van der Waals surface area contributed by atoms with Crippen LogP contribution in [0, 0.1) is 0 Å². The summed E-state index contributed by atoms with van der Waals surface area (Å²) in [7, 11) is 0. The molecule has 1 unspecified atom stereocenters. The minimum atomic E-state index is 0.288. The SMILES string of the molecule is CC1=CCCN(CC(N)CCc2ccccc2)C1. The summed E-state index contributed by atoms with van der Waals surface area (Å²) >= 11 is 0. The normalized spacial score (nSPS) is 18.4. The summed E-state index contributed by atoms with van der Waals surface area (Å²) in [6.07, 6.45) is 5.68. The lowest BCUT2D eigenvalue weighted by atomic mass is 10.0. The van der Waals surface area contributed by atoms with Crippen LogP contribution in [0.5, 0.6) is 0 Å². The third kappa shape index (κ3) is 4.28. The second kappa shape index (κ2) is 6.72. The molecule has 2 N–H and O–H groups in total. The van der Waals surface area contributed by atoms with Crippen LogP contribution >= 0.6 is 0 Å². The highest BCUT2D eigenvalue weighted by Crippen LogP contribution is 2.10. The Bertz CT molecular complexity index is 383. The Kier molecular flexibility index (Phi) is 4.97. The van der Waals surface area contributed by atoms with E-state index >= 15 is 0 Å². The predicted octanol–water partition coefficient (Wildman–Crippen LogP) is 2.60. The molecule has 0 aromatic heterocycles. The van der Waals surface area contributed by atoms with Crippen LogP contribution < -0.4 is 5.73 Å². The van der Waals surface area contributed by atoms with Crippen molar-refractivity contribution in [1.82, 2.24) is 4.90 Å². The number of rotatable bonds is 5. The Balaban J connectivity index is 1.72. The maximum absolute atomic E-state index is 6.24. The van der Waals surface area contributed by atoms with Gasteiger partial charge >= 0.3 is 0 Å². The van der Waals surface area contributed by atoms with E-state index in [4.69, 9.17) is 5.73 Å². The molecule has 1 aliphatic rings. The fraction of sp³-hybridized carbons (Fsp3) is 0.500. The van der Waals surface area contributed by atoms with E-state index in [-0.39, 0.29) is 6.04 Å². The summed E-state index contributed by atoms with van der Waals surface area (Å²) < 4.78 is 0. The highest BCUT2D eigenvalue weighted by atomic mass is 15.1. The van der Waals surface area contributed by atoms with Gasteiger partial charge in [-0.1, -0.05) is 42.0 Å². The number of nitrogens with two attached hydrogens (primary N) is 1. The Morgan fingerprint density at radius 2 is 2.06 bits per heavy atom. The van der Waals surface area contributed by atoms with E-state index in [2.05, 4.69) is 48.2 Å². The highest BCUT2D eigenvalue weighted by Gasteiger charge is 2.13. The van der Waals surface area contributed by atoms with Crippen LogP contribution in [0.3, 0.4) is 0 Å². The summed E-state index contributed by atoms with van der Waals surface area (Å²) in [5.41, 5.74) is 9.11. The molecule has 0 aliphatic carbocycles. The summed E-state index contributed by atoms with van der Waals surface area (Å²) in [4.78, 5) is 2.48. The van der Waals surface area contributed by atoms with E-state index in [1.165, 1.54) is 17.6 Å². The van der Waals surface area contributed by atoms with Crippen LogP contribution in [-0.2, 0) is 6.42 Å². The first kappa shape index (κ1) is 13.3. The molecule has 18 heavy (non-hydrogen) atoms. The van der Waals surface area contributed by atoms with Gasteiger partial charge in [0.25, 0.3) is 0 Å². The largest absolute Gasteiger partial charge is 0.327 e. The zero-order chi connectivity index (χ0) is 12.8. The molecule has 0 saturated carbocycles. The molecule has 1 heterocycles. The monoisotopic (exact) mass is 244 g/mol. The van der Waals surface area contributed by atoms with E-state index in [0.717, 1.165) is 32.5 Å². The second-order valence-corrected chi connectivity index (χ2v) is 5.36. The van der Waals surface area contributed by atoms with Gasteiger partial charge in [0, 0.05) is 25.7 Å². The van der Waals surface area contributed by atoms with E-state index in [1.54, 1.807) is 0 Å². The first-order valence-electron chi connectivity index (χ1n) is 6.91. The van der Waals surface area contributed by atoms with Crippen LogP contribution in [0.4, 0.5) is 0 Å². The van der Waals surface area contributed by atoms with Gasteiger partial charge in [-0.2, -0.15) is 0 Å². The lowest BCUT2D eigenvalue weighted by molar-refractivity contribution is 0.267. The van der Waals surface area contributed by atoms with Crippen molar-refractivity contribution in [3.05, 3.63) is 47.5 Å². The zero-order valence-corrected chi connectivity index (χ0v) is 11.3. The molecular weight excluding hydrogens is 220 g/mol. The van der Waals surface area contributed by atoms with E-state index in [9.17, 15) is 0 Å². The van der Waals surface area contributed by atoms with Crippen LogP contribution in [0.2, 0.25) is 0 Å². The molecule has 0 amide bonds. The van der Waals surface area contributed by atoms with Crippen molar-refractivity contribution < 1.29 is 0 Å². The summed E-state index contributed by atoms with van der Waals surface area (Å²) in [5, 5.41) is 0. The Morgan fingerprint density at radius 1 is 1.28 bits per heavy atom. The van der Waals surface area contributed by atoms with Crippen molar-refractivity contribution in [1.29, 1.82) is 0 Å². The molecule has 1 atom stereocenters. The van der Waals surface area contributed by atoms with E-state index in [0.29, 0.717) is 0 Å². The topological polar surface area (TPSA) is 29.3 Å². The quantitative estimate of drug-likeness (QED) is 0.807. The molecule has 2 nitrogen and oxygen atoms in total. The number of hydrogen-bond donors (Lipinski definition) is 1. The molecule has 2 rings (SSSR count). The number of benzene rings is 1. The Morgan fingerprint density at radius 3 is 2.78 bits per heavy atom. The lowest BCUT2D eigenvalue weighted by Crippen LogP contribution is -2.40. The minimum absolute atomic E-state index is 0.288. The van der Waals surface area contributed by atoms with Crippen molar-refractivity contribution in [3.8, 4) is 0 Å². The van der Waals surface area contributed by atoms with Crippen LogP contribution in [0.1, 0.15) is 25.3 Å². The summed E-state index contributed by atoms with van der Waals surface area (Å²) in [6, 6.07) is 10.9. The van der Waals surface area contributed by atoms with Crippen LogP contribution in [0.25, 0.3) is 0 Å². The fourth-order valence-electron chi connectivity index (χ4n) is 2.57. The average molecular weight is 244 g/mol. The summed E-state index contributed by atoms with van der Waals surface area (Å²) in [5.74, 6) is 0. The van der Waals surface area contributed by atoms with Crippen molar-refractivity contribution in [2.75, 3.05) is 19.6 Å². The third-order valence-electron chi connectivity index (χ3n) is 3.55. The number of aryl methyl sites for hydroxylation is 1. The Labute approximate surface area is 110 Å². The molecule has 98 valence electrons. The number of nitrogens with zero attached hydrogens (tertiary/aromatic N) is 1. The molecule has 1 aromatic rings. The smallest absolute Gasteiger partial charge is 0.0190 e. The van der Waals surface area contributed by atoms with Gasteiger partial charge in [-0.25, -0.2) is 0 Å². The molecule has 1 aliphatic heterocycles. The minimum Gasteiger partial charge on any atom is -0.327 e. The van der Waals surface area contributed by atoms with Gasteiger partial charge in [0.1, 0.15) is 0 Å². The zero-order valence-electron chi connectivity index (χ0n) is 11.3. The summed E-state index contributed by atoms with van der Waals surface area (Å²) in [6.45, 7) is 5.50. The van der Waals surface area contributed by atoms with Gasteiger partial charge in [-0.3, -0.25) is 4.90 Å². The predicted molar refractivity (Wildman–Crippen MR) is 77.6 cm³/mol. The fourth-order valence-corrected chi connectivity index (χ4v) is 2.57. The molecule has 0 radical (unpaired) electrons. The molecular formula is C16H24N2. The molecule has 0 saturated heterocycles. The average Bonchev–Trinajstić information content (AvgIpc) is 2.38. The maximum atomic E-state index is 6.24. The first-order chi connectivity index (χ1) is 8.74. The van der Waals surface area contributed by atoms with Crippen molar-refractivity contribution in [2.24, 2.45) is 5.73 Å². The van der Waals surface area contributed by atoms with Crippen molar-refractivity contribution in [2.45, 2.75) is 32.2 Å². The lowest BCUT2D eigenvalue weighted by Gasteiger charge is -2.28. The first-order valence-corrected chi connectivity index (χ1v) is 6.91. The van der Waals surface area contributed by atoms with Gasteiger partial charge in [-0.05, 0) is 31.7 Å². The Hall–Kier alpha value is -1.12. The highest BCUT2D eigenvalue weighted by molar-refractivity contribution is 5.14. The van der Waals surface area contributed by atoms with Gasteiger partial charge in [-0.15, -0.1) is 0 Å². The van der Waals surface area contributed by atoms with Crippen LogP contribution in [0.15, 0.2) is 42.0 Å². The molecule has 0 bridgehead atoms. The van der Waals surface area contributed by atoms with Gasteiger partial charge in [0.05, 0.1) is 0 Å². The molecule has 2 heteroatoms. The molecule has 0 spiro atoms. The molecule has 0 fully saturated rings. The van der Waals surface area contributed by atoms with Crippen molar-refractivity contribution in [3.63, 3.8) is 0 Å². The van der Waals surface area contributed by atoms with Gasteiger partial charge < -0.3 is 5.73 Å². The van der Waals surface area contributed by atoms with Gasteiger partial charge in [0.15, 0.2) is 0 Å². The van der Waals surface area contributed by atoms with E-state index < -0.39 is 0 Å². The maximum Gasteiger partial charge on any atom is 0.0190 e. The number of hydrogen-bond acceptors (Lipinski definition) is 2. The van der Waals surface area contributed by atoms with Crippen LogP contribution in [-0.4, -0.2) is 30.6 Å². The standard InChI is InChI=1S/C16H24N2/c1-14-6-5-11-18(12-14)13-16(17)10-9-15-7-3-2-4-8-15/h2-4,6-8,16H,5,9-13,17H2,1H3. The third-order valence-corrected chi connectivity index (χ3v) is 3.55.